The highest BCUT2D eigenvalue weighted by molar-refractivity contribution is 6.30. The van der Waals surface area contributed by atoms with Crippen LogP contribution in [-0.4, -0.2) is 27.0 Å². The Morgan fingerprint density at radius 3 is 2.71 bits per heavy atom. The van der Waals surface area contributed by atoms with E-state index in [0.717, 1.165) is 5.56 Å². The van der Waals surface area contributed by atoms with Crippen LogP contribution in [0.25, 0.3) is 0 Å². The lowest BCUT2D eigenvalue weighted by atomic mass is 10.2. The molecular formula is C19H13ClN4O4. The number of hydrogen-bond donors (Lipinski definition) is 0. The predicted molar refractivity (Wildman–Crippen MR) is 99.1 cm³/mol. The van der Waals surface area contributed by atoms with Crippen LogP contribution in [0.4, 0.5) is 10.6 Å². The van der Waals surface area contributed by atoms with Gasteiger partial charge >= 0.3 is 6.16 Å². The molecule has 0 saturated carbocycles. The average molecular weight is 397 g/mol. The lowest BCUT2D eigenvalue weighted by molar-refractivity contribution is 0.0555. The number of carbonyl (C=O) groups excluding carboxylic acids is 2. The topological polar surface area (TPSA) is 94.5 Å². The maximum Gasteiger partial charge on any atom is 0.516 e. The minimum Gasteiger partial charge on any atom is -0.403 e. The summed E-state index contributed by atoms with van der Waals surface area (Å²) < 4.78 is 10.6. The summed E-state index contributed by atoms with van der Waals surface area (Å²) in [5, 5.41) is 0.403. The molecule has 0 saturated heterocycles. The van der Waals surface area contributed by atoms with Gasteiger partial charge in [0.1, 0.15) is 17.3 Å². The number of nitrogens with zero attached hydrogens (tertiary/aromatic N) is 4. The summed E-state index contributed by atoms with van der Waals surface area (Å²) in [7, 11) is 0. The molecule has 4 rings (SSSR count). The lowest BCUT2D eigenvalue weighted by Gasteiger charge is -2.22. The molecule has 140 valence electrons. The van der Waals surface area contributed by atoms with E-state index < -0.39 is 18.3 Å². The van der Waals surface area contributed by atoms with Crippen molar-refractivity contribution in [3.63, 3.8) is 0 Å². The summed E-state index contributed by atoms with van der Waals surface area (Å²) in [6.07, 6.45) is 2.03. The third-order valence-corrected chi connectivity index (χ3v) is 4.20. The number of ether oxygens (including phenoxy) is 2. The molecule has 1 aliphatic heterocycles. The summed E-state index contributed by atoms with van der Waals surface area (Å²) in [6, 6.07) is 10.0. The molecule has 1 aromatic carbocycles. The Bertz CT molecular complexity index is 1060. The molecule has 0 spiro atoms. The fraction of sp³-hybridized carbons (Fsp3) is 0.105. The van der Waals surface area contributed by atoms with Crippen LogP contribution in [0.3, 0.4) is 0 Å². The van der Waals surface area contributed by atoms with Crippen molar-refractivity contribution in [2.24, 2.45) is 0 Å². The SMILES string of the molecule is Cc1cccc(OC(=O)O[C@H]2c3nccnc3C(=O)N2c2ccc(Cl)cn2)c1. The number of hydrogen-bond acceptors (Lipinski definition) is 7. The Balaban J connectivity index is 1.64. The molecule has 0 radical (unpaired) electrons. The highest BCUT2D eigenvalue weighted by Crippen LogP contribution is 2.35. The van der Waals surface area contributed by atoms with Crippen molar-refractivity contribution in [1.29, 1.82) is 0 Å². The Kier molecular flexibility index (Phi) is 4.62. The number of anilines is 1. The third-order valence-electron chi connectivity index (χ3n) is 3.97. The number of rotatable bonds is 3. The number of amides is 1. The van der Waals surface area contributed by atoms with E-state index in [9.17, 15) is 9.59 Å². The Labute approximate surface area is 164 Å². The molecule has 3 heterocycles. The highest BCUT2D eigenvalue weighted by Gasteiger charge is 2.44. The van der Waals surface area contributed by atoms with Crippen LogP contribution in [0.15, 0.2) is 55.0 Å². The monoisotopic (exact) mass is 396 g/mol. The van der Waals surface area contributed by atoms with Crippen molar-refractivity contribution >= 4 is 29.5 Å². The smallest absolute Gasteiger partial charge is 0.403 e. The van der Waals surface area contributed by atoms with Gasteiger partial charge in [-0.3, -0.25) is 9.78 Å². The molecule has 3 aromatic rings. The van der Waals surface area contributed by atoms with Crippen molar-refractivity contribution in [2.75, 3.05) is 4.90 Å². The van der Waals surface area contributed by atoms with Gasteiger partial charge in [-0.25, -0.2) is 19.7 Å². The van der Waals surface area contributed by atoms with Gasteiger partial charge in [0.2, 0.25) is 6.23 Å². The highest BCUT2D eigenvalue weighted by atomic mass is 35.5. The number of benzene rings is 1. The number of halogens is 1. The quantitative estimate of drug-likeness (QED) is 0.492. The van der Waals surface area contributed by atoms with E-state index in [1.54, 1.807) is 24.3 Å². The molecule has 1 aliphatic rings. The van der Waals surface area contributed by atoms with Gasteiger partial charge < -0.3 is 9.47 Å². The van der Waals surface area contributed by atoms with Crippen LogP contribution in [0.1, 0.15) is 28.0 Å². The van der Waals surface area contributed by atoms with Crippen LogP contribution < -0.4 is 9.64 Å². The van der Waals surface area contributed by atoms with Crippen molar-refractivity contribution in [3.05, 3.63) is 77.0 Å². The Morgan fingerprint density at radius 2 is 1.96 bits per heavy atom. The number of pyridine rings is 1. The first-order valence-corrected chi connectivity index (χ1v) is 8.62. The van der Waals surface area contributed by atoms with Crippen LogP contribution >= 0.6 is 11.6 Å². The fourth-order valence-electron chi connectivity index (χ4n) is 2.77. The van der Waals surface area contributed by atoms with Gasteiger partial charge in [0.25, 0.3) is 5.91 Å². The van der Waals surface area contributed by atoms with Crippen LogP contribution in [0, 0.1) is 6.92 Å². The van der Waals surface area contributed by atoms with E-state index in [1.165, 1.54) is 29.6 Å². The molecule has 8 nitrogen and oxygen atoms in total. The number of carbonyl (C=O) groups is 2. The van der Waals surface area contributed by atoms with Gasteiger partial charge in [-0.2, -0.15) is 0 Å². The number of aryl methyl sites for hydroxylation is 1. The molecule has 0 aliphatic carbocycles. The molecule has 0 N–H and O–H groups in total. The first kappa shape index (κ1) is 17.9. The summed E-state index contributed by atoms with van der Waals surface area (Å²) in [5.74, 6) is 0.0682. The fourth-order valence-corrected chi connectivity index (χ4v) is 2.88. The molecule has 0 unspecified atom stereocenters. The summed E-state index contributed by atoms with van der Waals surface area (Å²) in [6.45, 7) is 1.87. The summed E-state index contributed by atoms with van der Waals surface area (Å²) in [4.78, 5) is 38.7. The third kappa shape index (κ3) is 3.37. The molecule has 9 heteroatoms. The second kappa shape index (κ2) is 7.24. The van der Waals surface area contributed by atoms with Crippen molar-refractivity contribution in [2.45, 2.75) is 13.2 Å². The number of aromatic nitrogens is 3. The van der Waals surface area contributed by atoms with Crippen LogP contribution in [-0.2, 0) is 4.74 Å². The van der Waals surface area contributed by atoms with Crippen LogP contribution in [0.5, 0.6) is 5.75 Å². The van der Waals surface area contributed by atoms with Crippen molar-refractivity contribution in [3.8, 4) is 5.75 Å². The second-order valence-electron chi connectivity index (χ2n) is 5.94. The minimum atomic E-state index is -1.16. The van der Waals surface area contributed by atoms with Gasteiger partial charge in [0.15, 0.2) is 5.69 Å². The molecule has 0 fully saturated rings. The van der Waals surface area contributed by atoms with Gasteiger partial charge in [-0.15, -0.1) is 0 Å². The van der Waals surface area contributed by atoms with E-state index in [2.05, 4.69) is 15.0 Å². The van der Waals surface area contributed by atoms with Crippen LogP contribution in [0.2, 0.25) is 5.02 Å². The first-order valence-electron chi connectivity index (χ1n) is 8.24. The zero-order chi connectivity index (χ0) is 19.7. The number of fused-ring (bicyclic) bond motifs is 1. The van der Waals surface area contributed by atoms with Gasteiger partial charge in [0.05, 0.1) is 5.02 Å². The zero-order valence-electron chi connectivity index (χ0n) is 14.6. The van der Waals surface area contributed by atoms with E-state index in [4.69, 9.17) is 21.1 Å². The standard InChI is InChI=1S/C19H13ClN4O4/c1-11-3-2-4-13(9-11)27-19(26)28-18-16-15(21-7-8-22-16)17(25)24(18)14-6-5-12(20)10-23-14/h2-10,18H,1H3/t18-/m0/s1. The van der Waals surface area contributed by atoms with Gasteiger partial charge in [-0.1, -0.05) is 23.7 Å². The maximum atomic E-state index is 12.8. The van der Waals surface area contributed by atoms with Crippen molar-refractivity contribution < 1.29 is 19.1 Å². The van der Waals surface area contributed by atoms with E-state index in [-0.39, 0.29) is 17.2 Å². The lowest BCUT2D eigenvalue weighted by Crippen LogP contribution is -2.32. The molecule has 2 aromatic heterocycles. The summed E-state index contributed by atoms with van der Waals surface area (Å²) >= 11 is 5.87. The minimum absolute atomic E-state index is 0.0765. The first-order chi connectivity index (χ1) is 13.5. The average Bonchev–Trinajstić information content (AvgIpc) is 2.95. The molecular weight excluding hydrogens is 384 g/mol. The molecule has 28 heavy (non-hydrogen) atoms. The molecule has 1 atom stereocenters. The van der Waals surface area contributed by atoms with Gasteiger partial charge in [-0.05, 0) is 36.8 Å². The molecule has 1 amide bonds. The van der Waals surface area contributed by atoms with E-state index >= 15 is 0 Å². The summed E-state index contributed by atoms with van der Waals surface area (Å²) in [5.41, 5.74) is 1.20. The van der Waals surface area contributed by atoms with E-state index in [0.29, 0.717) is 10.8 Å². The Morgan fingerprint density at radius 1 is 1.14 bits per heavy atom. The largest absolute Gasteiger partial charge is 0.516 e. The zero-order valence-corrected chi connectivity index (χ0v) is 15.3. The van der Waals surface area contributed by atoms with Gasteiger partial charge in [0, 0.05) is 18.6 Å². The van der Waals surface area contributed by atoms with Crippen molar-refractivity contribution in [1.82, 2.24) is 15.0 Å². The Hall–Kier alpha value is -3.52. The normalized spacial score (nSPS) is 15.3. The predicted octanol–water partition coefficient (Wildman–Crippen LogP) is 3.71. The maximum absolute atomic E-state index is 12.8. The second-order valence-corrected chi connectivity index (χ2v) is 6.38. The van der Waals surface area contributed by atoms with E-state index in [1.807, 2.05) is 13.0 Å². The molecule has 0 bridgehead atoms.